The van der Waals surface area contributed by atoms with Crippen LogP contribution in [0.5, 0.6) is 0 Å². The van der Waals surface area contributed by atoms with Crippen molar-refractivity contribution in [3.8, 4) is 5.82 Å². The number of anilines is 1. The number of hydrogen-bond donors (Lipinski definition) is 1. The van der Waals surface area contributed by atoms with Gasteiger partial charge in [0.1, 0.15) is 5.82 Å². The maximum absolute atomic E-state index is 12.2. The lowest BCUT2D eigenvalue weighted by Crippen LogP contribution is -2.15. The van der Waals surface area contributed by atoms with Crippen LogP contribution in [0.4, 0.5) is 5.69 Å². The molecule has 1 amide bonds. The Balaban J connectivity index is 1.81. The molecule has 3 aromatic rings. The summed E-state index contributed by atoms with van der Waals surface area (Å²) in [6, 6.07) is 8.26. The highest BCUT2D eigenvalue weighted by Crippen LogP contribution is 2.29. The summed E-state index contributed by atoms with van der Waals surface area (Å²) in [5.74, 6) is 0.940. The first-order valence-corrected chi connectivity index (χ1v) is 7.41. The number of nitrogens with one attached hydrogen (secondary N) is 1. The molecule has 2 heterocycles. The fourth-order valence-corrected chi connectivity index (χ4v) is 2.33. The molecule has 23 heavy (non-hydrogen) atoms. The van der Waals surface area contributed by atoms with E-state index in [2.05, 4.69) is 20.5 Å². The largest absolute Gasteiger partial charge is 0.319 e. The number of benzene rings is 1. The van der Waals surface area contributed by atoms with Gasteiger partial charge in [-0.25, -0.2) is 4.98 Å². The molecule has 0 aliphatic heterocycles. The van der Waals surface area contributed by atoms with Gasteiger partial charge in [0.05, 0.1) is 15.7 Å². The fourth-order valence-electron chi connectivity index (χ4n) is 1.98. The standard InChI is InChI=1S/C15H11Cl2N5O/c1-9-18-7-8-22(9)13-6-5-12(20-21-13)15(23)19-11-4-2-3-10(16)14(11)17/h2-8H,1H3,(H,19,23). The molecule has 0 saturated carbocycles. The summed E-state index contributed by atoms with van der Waals surface area (Å²) in [4.78, 5) is 16.3. The van der Waals surface area contributed by atoms with Gasteiger partial charge in [0, 0.05) is 12.4 Å². The van der Waals surface area contributed by atoms with E-state index in [0.29, 0.717) is 16.5 Å². The first-order valence-electron chi connectivity index (χ1n) is 6.65. The third-order valence-corrected chi connectivity index (χ3v) is 3.97. The number of carbonyl (C=O) groups is 1. The van der Waals surface area contributed by atoms with Crippen molar-refractivity contribution in [2.75, 3.05) is 5.32 Å². The van der Waals surface area contributed by atoms with E-state index < -0.39 is 5.91 Å². The molecule has 0 fully saturated rings. The maximum Gasteiger partial charge on any atom is 0.276 e. The molecule has 6 nitrogen and oxygen atoms in total. The lowest BCUT2D eigenvalue weighted by molar-refractivity contribution is 0.102. The Morgan fingerprint density at radius 1 is 1.17 bits per heavy atom. The van der Waals surface area contributed by atoms with Gasteiger partial charge in [-0.1, -0.05) is 29.3 Å². The van der Waals surface area contributed by atoms with Crippen LogP contribution in [0, 0.1) is 6.92 Å². The van der Waals surface area contributed by atoms with Crippen LogP contribution in [0.25, 0.3) is 5.82 Å². The van der Waals surface area contributed by atoms with Gasteiger partial charge in [-0.15, -0.1) is 10.2 Å². The zero-order valence-corrected chi connectivity index (χ0v) is 13.5. The van der Waals surface area contributed by atoms with Crippen molar-refractivity contribution < 1.29 is 4.79 Å². The quantitative estimate of drug-likeness (QED) is 0.786. The van der Waals surface area contributed by atoms with Gasteiger partial charge in [-0.3, -0.25) is 9.36 Å². The molecule has 116 valence electrons. The molecule has 0 spiro atoms. The predicted molar refractivity (Wildman–Crippen MR) is 88.3 cm³/mol. The third kappa shape index (κ3) is 3.18. The second kappa shape index (κ2) is 6.36. The zero-order chi connectivity index (χ0) is 16.4. The van der Waals surface area contributed by atoms with E-state index in [-0.39, 0.29) is 10.7 Å². The van der Waals surface area contributed by atoms with Gasteiger partial charge in [0.15, 0.2) is 11.5 Å². The molecular formula is C15H11Cl2N5O. The van der Waals surface area contributed by atoms with Crippen molar-refractivity contribution in [3.05, 3.63) is 64.3 Å². The zero-order valence-electron chi connectivity index (χ0n) is 12.0. The summed E-state index contributed by atoms with van der Waals surface area (Å²) in [5.41, 5.74) is 0.586. The topological polar surface area (TPSA) is 72.7 Å². The SMILES string of the molecule is Cc1nccn1-c1ccc(C(=O)Nc2cccc(Cl)c2Cl)nn1. The Bertz CT molecular complexity index is 861. The van der Waals surface area contributed by atoms with Crippen molar-refractivity contribution >= 4 is 34.8 Å². The molecule has 0 radical (unpaired) electrons. The molecule has 0 unspecified atom stereocenters. The number of amides is 1. The van der Waals surface area contributed by atoms with E-state index >= 15 is 0 Å². The Morgan fingerprint density at radius 3 is 2.65 bits per heavy atom. The van der Waals surface area contributed by atoms with Crippen LogP contribution in [0.3, 0.4) is 0 Å². The summed E-state index contributed by atoms with van der Waals surface area (Å²) < 4.78 is 1.77. The van der Waals surface area contributed by atoms with Crippen LogP contribution >= 0.6 is 23.2 Å². The minimum Gasteiger partial charge on any atom is -0.319 e. The number of imidazole rings is 1. The molecule has 0 aliphatic rings. The van der Waals surface area contributed by atoms with Crippen LogP contribution in [0.1, 0.15) is 16.3 Å². The Kier molecular flexibility index (Phi) is 4.27. The van der Waals surface area contributed by atoms with Crippen molar-refractivity contribution in [3.63, 3.8) is 0 Å². The number of carbonyl (C=O) groups excluding carboxylic acids is 1. The Labute approximate surface area is 142 Å². The summed E-state index contributed by atoms with van der Waals surface area (Å²) in [6.07, 6.45) is 3.43. The monoisotopic (exact) mass is 347 g/mol. The third-order valence-electron chi connectivity index (χ3n) is 3.16. The average Bonchev–Trinajstić information content (AvgIpc) is 2.98. The van der Waals surface area contributed by atoms with E-state index in [9.17, 15) is 4.79 Å². The predicted octanol–water partition coefficient (Wildman–Crippen LogP) is 3.53. The summed E-state index contributed by atoms with van der Waals surface area (Å²) in [5, 5.41) is 11.3. The van der Waals surface area contributed by atoms with E-state index in [1.165, 1.54) is 0 Å². The normalized spacial score (nSPS) is 10.6. The number of hydrogen-bond acceptors (Lipinski definition) is 4. The molecule has 1 N–H and O–H groups in total. The fraction of sp³-hybridized carbons (Fsp3) is 0.0667. The first-order chi connectivity index (χ1) is 11.1. The minimum absolute atomic E-state index is 0.169. The molecule has 1 aromatic carbocycles. The molecule has 8 heteroatoms. The molecule has 0 atom stereocenters. The Morgan fingerprint density at radius 2 is 2.00 bits per heavy atom. The highest BCUT2D eigenvalue weighted by Gasteiger charge is 2.12. The molecular weight excluding hydrogens is 337 g/mol. The van der Waals surface area contributed by atoms with Crippen LogP contribution < -0.4 is 5.32 Å². The number of halogens is 2. The molecule has 0 saturated heterocycles. The molecule has 0 aliphatic carbocycles. The van der Waals surface area contributed by atoms with E-state index in [0.717, 1.165) is 5.82 Å². The maximum atomic E-state index is 12.2. The smallest absolute Gasteiger partial charge is 0.276 e. The molecule has 2 aromatic heterocycles. The highest BCUT2D eigenvalue weighted by atomic mass is 35.5. The average molecular weight is 348 g/mol. The van der Waals surface area contributed by atoms with Gasteiger partial charge >= 0.3 is 0 Å². The minimum atomic E-state index is -0.421. The Hall–Kier alpha value is -2.44. The van der Waals surface area contributed by atoms with Crippen molar-refractivity contribution in [1.29, 1.82) is 0 Å². The van der Waals surface area contributed by atoms with Gasteiger partial charge in [0.25, 0.3) is 5.91 Å². The van der Waals surface area contributed by atoms with Crippen LogP contribution in [0.15, 0.2) is 42.7 Å². The lowest BCUT2D eigenvalue weighted by Gasteiger charge is -2.08. The van der Waals surface area contributed by atoms with Gasteiger partial charge in [-0.2, -0.15) is 0 Å². The van der Waals surface area contributed by atoms with Crippen molar-refractivity contribution in [2.24, 2.45) is 0 Å². The number of rotatable bonds is 3. The van der Waals surface area contributed by atoms with Gasteiger partial charge in [-0.05, 0) is 31.2 Å². The van der Waals surface area contributed by atoms with Gasteiger partial charge in [0.2, 0.25) is 0 Å². The summed E-state index contributed by atoms with van der Waals surface area (Å²) in [6.45, 7) is 1.85. The van der Waals surface area contributed by atoms with E-state index in [4.69, 9.17) is 23.2 Å². The summed E-state index contributed by atoms with van der Waals surface area (Å²) in [7, 11) is 0. The van der Waals surface area contributed by atoms with E-state index in [1.807, 2.05) is 6.92 Å². The summed E-state index contributed by atoms with van der Waals surface area (Å²) >= 11 is 12.0. The van der Waals surface area contributed by atoms with Crippen molar-refractivity contribution in [1.82, 2.24) is 19.7 Å². The second-order valence-electron chi connectivity index (χ2n) is 4.68. The van der Waals surface area contributed by atoms with Crippen LogP contribution in [0.2, 0.25) is 10.0 Å². The number of aromatic nitrogens is 4. The number of aryl methyl sites for hydroxylation is 1. The molecule has 3 rings (SSSR count). The van der Waals surface area contributed by atoms with Crippen LogP contribution in [-0.4, -0.2) is 25.7 Å². The van der Waals surface area contributed by atoms with E-state index in [1.54, 1.807) is 47.3 Å². The molecule has 0 bridgehead atoms. The lowest BCUT2D eigenvalue weighted by atomic mass is 10.3. The second-order valence-corrected chi connectivity index (χ2v) is 5.46. The van der Waals surface area contributed by atoms with Gasteiger partial charge < -0.3 is 5.32 Å². The highest BCUT2D eigenvalue weighted by molar-refractivity contribution is 6.44. The van der Waals surface area contributed by atoms with Crippen LogP contribution in [-0.2, 0) is 0 Å². The van der Waals surface area contributed by atoms with Crippen molar-refractivity contribution in [2.45, 2.75) is 6.92 Å². The first kappa shape index (κ1) is 15.5. The number of nitrogens with zero attached hydrogens (tertiary/aromatic N) is 4.